The highest BCUT2D eigenvalue weighted by Gasteiger charge is 2.34. The Kier molecular flexibility index (Phi) is 4.76. The number of hydrogen-bond donors (Lipinski definition) is 1. The smallest absolute Gasteiger partial charge is 0.331 e. The van der Waals surface area contributed by atoms with E-state index in [1.165, 1.54) is 17.7 Å². The number of nitrogens with zero attached hydrogens (tertiary/aromatic N) is 3. The van der Waals surface area contributed by atoms with Gasteiger partial charge in [-0.25, -0.2) is 4.79 Å². The van der Waals surface area contributed by atoms with Gasteiger partial charge in [0.2, 0.25) is 0 Å². The second kappa shape index (κ2) is 7.39. The van der Waals surface area contributed by atoms with Gasteiger partial charge in [-0.1, -0.05) is 35.4 Å². The molecule has 0 amide bonds. The second-order valence-corrected chi connectivity index (χ2v) is 8.57. The fourth-order valence-corrected chi connectivity index (χ4v) is 4.83. The van der Waals surface area contributed by atoms with Gasteiger partial charge in [0.15, 0.2) is 0 Å². The van der Waals surface area contributed by atoms with Crippen LogP contribution in [-0.4, -0.2) is 25.4 Å². The molecule has 0 radical (unpaired) electrons. The first-order chi connectivity index (χ1) is 15.3. The molecule has 8 heteroatoms. The maximum Gasteiger partial charge on any atom is 0.331 e. The SMILES string of the molecule is Cc1cccc(-c2c3c(=O)n(C)c(=O)n(C)c3c3n2CCOC3c2cc(Cl)ccc2O)c1. The van der Waals surface area contributed by atoms with Gasteiger partial charge < -0.3 is 14.4 Å². The molecule has 0 aliphatic carbocycles. The lowest BCUT2D eigenvalue weighted by molar-refractivity contribution is 0.0464. The van der Waals surface area contributed by atoms with Crippen LogP contribution in [0.5, 0.6) is 5.75 Å². The molecule has 2 aromatic heterocycles. The lowest BCUT2D eigenvalue weighted by Crippen LogP contribution is -2.37. The molecule has 0 saturated carbocycles. The minimum absolute atomic E-state index is 0.0353. The van der Waals surface area contributed by atoms with Crippen molar-refractivity contribution in [2.75, 3.05) is 6.61 Å². The number of phenols is 1. The molecule has 1 aliphatic rings. The fraction of sp³-hybridized carbons (Fsp3) is 0.250. The summed E-state index contributed by atoms with van der Waals surface area (Å²) in [6.07, 6.45) is -0.693. The number of halogens is 1. The number of hydrogen-bond acceptors (Lipinski definition) is 4. The van der Waals surface area contributed by atoms with Crippen LogP contribution in [-0.2, 0) is 25.4 Å². The van der Waals surface area contributed by atoms with Crippen LogP contribution in [0.2, 0.25) is 5.02 Å². The number of aryl methyl sites for hydroxylation is 2. The Labute approximate surface area is 188 Å². The molecule has 1 atom stereocenters. The van der Waals surface area contributed by atoms with Crippen molar-refractivity contribution in [2.45, 2.75) is 19.6 Å². The lowest BCUT2D eigenvalue weighted by Gasteiger charge is -2.28. The van der Waals surface area contributed by atoms with E-state index in [0.717, 1.165) is 21.4 Å². The predicted octanol–water partition coefficient (Wildman–Crippen LogP) is 3.49. The summed E-state index contributed by atoms with van der Waals surface area (Å²) in [5.74, 6) is 0.0353. The number of ether oxygens (including phenoxy) is 1. The van der Waals surface area contributed by atoms with Crippen molar-refractivity contribution in [3.05, 3.63) is 85.1 Å². The molecule has 2 aromatic carbocycles. The van der Waals surface area contributed by atoms with Crippen molar-refractivity contribution in [3.63, 3.8) is 0 Å². The minimum atomic E-state index is -0.693. The Bertz CT molecular complexity index is 1510. The summed E-state index contributed by atoms with van der Waals surface area (Å²) in [5.41, 5.74) is 3.53. The van der Waals surface area contributed by atoms with Crippen LogP contribution in [0.1, 0.15) is 22.9 Å². The number of phenolic OH excluding ortho intramolecular Hbond substituents is 1. The molecule has 3 heterocycles. The van der Waals surface area contributed by atoms with Gasteiger partial charge in [-0.2, -0.15) is 0 Å². The highest BCUT2D eigenvalue weighted by Crippen LogP contribution is 2.43. The molecule has 7 nitrogen and oxygen atoms in total. The zero-order valence-electron chi connectivity index (χ0n) is 17.9. The van der Waals surface area contributed by atoms with Crippen LogP contribution < -0.4 is 11.2 Å². The van der Waals surface area contributed by atoms with E-state index >= 15 is 0 Å². The van der Waals surface area contributed by atoms with Crippen molar-refractivity contribution >= 4 is 22.5 Å². The van der Waals surface area contributed by atoms with E-state index in [9.17, 15) is 14.7 Å². The number of aromatic hydroxyl groups is 1. The molecule has 1 aliphatic heterocycles. The number of aromatic nitrogens is 3. The van der Waals surface area contributed by atoms with E-state index < -0.39 is 11.8 Å². The van der Waals surface area contributed by atoms with Crippen molar-refractivity contribution in [3.8, 4) is 17.0 Å². The summed E-state index contributed by atoms with van der Waals surface area (Å²) in [6.45, 7) is 2.87. The molecule has 4 aromatic rings. The average Bonchev–Trinajstić information content (AvgIpc) is 3.13. The zero-order chi connectivity index (χ0) is 22.7. The van der Waals surface area contributed by atoms with E-state index in [2.05, 4.69) is 0 Å². The largest absolute Gasteiger partial charge is 0.508 e. The molecule has 0 saturated heterocycles. The van der Waals surface area contributed by atoms with Crippen molar-refractivity contribution in [1.82, 2.24) is 13.7 Å². The summed E-state index contributed by atoms with van der Waals surface area (Å²) in [7, 11) is 3.13. The van der Waals surface area contributed by atoms with Gasteiger partial charge >= 0.3 is 5.69 Å². The monoisotopic (exact) mass is 451 g/mol. The summed E-state index contributed by atoms with van der Waals surface area (Å²) >= 11 is 6.22. The topological polar surface area (TPSA) is 78.4 Å². The first-order valence-electron chi connectivity index (χ1n) is 10.3. The van der Waals surface area contributed by atoms with Crippen molar-refractivity contribution in [2.24, 2.45) is 14.1 Å². The quantitative estimate of drug-likeness (QED) is 0.506. The van der Waals surface area contributed by atoms with Crippen LogP contribution in [0.25, 0.3) is 22.2 Å². The molecule has 0 bridgehead atoms. The molecule has 164 valence electrons. The Morgan fingerprint density at radius 2 is 1.88 bits per heavy atom. The minimum Gasteiger partial charge on any atom is -0.508 e. The molecule has 1 N–H and O–H groups in total. The molecule has 0 fully saturated rings. The van der Waals surface area contributed by atoms with E-state index in [4.69, 9.17) is 16.3 Å². The van der Waals surface area contributed by atoms with Crippen LogP contribution in [0.4, 0.5) is 0 Å². The van der Waals surface area contributed by atoms with E-state index in [1.807, 2.05) is 35.8 Å². The molecule has 0 spiro atoms. The Morgan fingerprint density at radius 3 is 2.62 bits per heavy atom. The highest BCUT2D eigenvalue weighted by molar-refractivity contribution is 6.30. The molecule has 5 rings (SSSR count). The third-order valence-corrected chi connectivity index (χ3v) is 6.35. The van der Waals surface area contributed by atoms with Crippen LogP contribution in [0.3, 0.4) is 0 Å². The van der Waals surface area contributed by atoms with Crippen LogP contribution in [0.15, 0.2) is 52.1 Å². The molecule has 32 heavy (non-hydrogen) atoms. The molecular weight excluding hydrogens is 430 g/mol. The maximum absolute atomic E-state index is 13.4. The summed E-state index contributed by atoms with van der Waals surface area (Å²) in [5, 5.41) is 11.5. The van der Waals surface area contributed by atoms with Crippen LogP contribution in [0, 0.1) is 6.92 Å². The number of rotatable bonds is 2. The predicted molar refractivity (Wildman–Crippen MR) is 124 cm³/mol. The van der Waals surface area contributed by atoms with E-state index in [1.54, 1.807) is 19.2 Å². The van der Waals surface area contributed by atoms with Gasteiger partial charge in [-0.05, 0) is 36.8 Å². The van der Waals surface area contributed by atoms with Gasteiger partial charge in [-0.15, -0.1) is 0 Å². The first kappa shape index (κ1) is 20.6. The van der Waals surface area contributed by atoms with Gasteiger partial charge in [0.1, 0.15) is 11.9 Å². The van der Waals surface area contributed by atoms with Gasteiger partial charge in [0, 0.05) is 31.2 Å². The molecule has 1 unspecified atom stereocenters. The van der Waals surface area contributed by atoms with E-state index in [-0.39, 0.29) is 11.3 Å². The normalized spacial score (nSPS) is 15.8. The fourth-order valence-electron chi connectivity index (χ4n) is 4.64. The van der Waals surface area contributed by atoms with Gasteiger partial charge in [0.25, 0.3) is 5.56 Å². The average molecular weight is 452 g/mol. The van der Waals surface area contributed by atoms with Crippen molar-refractivity contribution < 1.29 is 9.84 Å². The number of benzene rings is 2. The lowest BCUT2D eigenvalue weighted by atomic mass is 10.0. The first-order valence-corrected chi connectivity index (χ1v) is 10.7. The third-order valence-electron chi connectivity index (χ3n) is 6.12. The van der Waals surface area contributed by atoms with Crippen molar-refractivity contribution in [1.29, 1.82) is 0 Å². The van der Waals surface area contributed by atoms with Gasteiger partial charge in [-0.3, -0.25) is 13.9 Å². The number of fused-ring (bicyclic) bond motifs is 3. The van der Waals surface area contributed by atoms with Crippen LogP contribution >= 0.6 is 11.6 Å². The van der Waals surface area contributed by atoms with E-state index in [0.29, 0.717) is 40.3 Å². The molecular formula is C24H22ClN3O4. The summed E-state index contributed by atoms with van der Waals surface area (Å²) < 4.78 is 10.7. The standard InChI is InChI=1S/C24H22ClN3O4/c1-13-5-4-6-14(11-13)19-18-20(26(2)24(31)27(3)23(18)30)21-22(32-10-9-28(19)21)16-12-15(25)7-8-17(16)29/h4-8,11-12,22,29H,9-10H2,1-3H3. The highest BCUT2D eigenvalue weighted by atomic mass is 35.5. The second-order valence-electron chi connectivity index (χ2n) is 8.14. The Morgan fingerprint density at radius 1 is 1.09 bits per heavy atom. The Hall–Kier alpha value is -3.29. The summed E-state index contributed by atoms with van der Waals surface area (Å²) in [6, 6.07) is 12.7. The zero-order valence-corrected chi connectivity index (χ0v) is 18.7. The Balaban J connectivity index is 1.97. The summed E-state index contributed by atoms with van der Waals surface area (Å²) in [4.78, 5) is 26.2. The maximum atomic E-state index is 13.4. The van der Waals surface area contributed by atoms with Gasteiger partial charge in [0.05, 0.1) is 28.9 Å². The third kappa shape index (κ3) is 2.92.